The molecule has 1 saturated heterocycles. The number of aromatic amines is 1. The number of H-pyrrole nitrogens is 1. The van der Waals surface area contributed by atoms with Crippen LogP contribution in [0.4, 0.5) is 5.69 Å². The maximum absolute atomic E-state index is 12.6. The number of nitrogens with zero attached hydrogens (tertiary/aromatic N) is 6. The highest BCUT2D eigenvalue weighted by atomic mass is 16.6. The van der Waals surface area contributed by atoms with Gasteiger partial charge in [0.05, 0.1) is 16.3 Å². The minimum Gasteiger partial charge on any atom is -0.335 e. The van der Waals surface area contributed by atoms with Crippen LogP contribution in [0.5, 0.6) is 0 Å². The first-order chi connectivity index (χ1) is 14.5. The van der Waals surface area contributed by atoms with E-state index < -0.39 is 4.92 Å². The molecule has 1 amide bonds. The number of aromatic nitrogens is 4. The zero-order valence-corrected chi connectivity index (χ0v) is 16.9. The van der Waals surface area contributed by atoms with Crippen molar-refractivity contribution in [3.63, 3.8) is 0 Å². The summed E-state index contributed by atoms with van der Waals surface area (Å²) in [6, 6.07) is 10.0. The van der Waals surface area contributed by atoms with Crippen molar-refractivity contribution in [2.45, 2.75) is 20.4 Å². The third-order valence-corrected chi connectivity index (χ3v) is 5.51. The number of nitro groups is 1. The summed E-state index contributed by atoms with van der Waals surface area (Å²) >= 11 is 0. The number of carbonyl (C=O) groups excluding carboxylic acids is 1. The second-order valence-corrected chi connectivity index (χ2v) is 7.35. The Bertz CT molecular complexity index is 1070. The first kappa shape index (κ1) is 19.8. The van der Waals surface area contributed by atoms with E-state index >= 15 is 0 Å². The second kappa shape index (κ2) is 8.07. The second-order valence-electron chi connectivity index (χ2n) is 7.35. The van der Waals surface area contributed by atoms with Crippen LogP contribution in [0.25, 0.3) is 5.69 Å². The zero-order valence-electron chi connectivity index (χ0n) is 16.9. The van der Waals surface area contributed by atoms with Gasteiger partial charge in [-0.1, -0.05) is 18.2 Å². The van der Waals surface area contributed by atoms with Gasteiger partial charge in [-0.3, -0.25) is 24.9 Å². The number of hydrogen-bond donors (Lipinski definition) is 1. The predicted octanol–water partition coefficient (Wildman–Crippen LogP) is 2.08. The minimum atomic E-state index is -0.594. The first-order valence-corrected chi connectivity index (χ1v) is 9.75. The van der Waals surface area contributed by atoms with Crippen LogP contribution in [-0.4, -0.2) is 66.8 Å². The Kier molecular flexibility index (Phi) is 5.32. The van der Waals surface area contributed by atoms with Crippen LogP contribution in [-0.2, 0) is 6.54 Å². The number of nitrogens with one attached hydrogen (secondary N) is 1. The lowest BCUT2D eigenvalue weighted by atomic mass is 10.1. The molecule has 10 nitrogen and oxygen atoms in total. The smallest absolute Gasteiger partial charge is 0.319 e. The van der Waals surface area contributed by atoms with Crippen molar-refractivity contribution >= 4 is 11.6 Å². The van der Waals surface area contributed by atoms with E-state index in [1.165, 1.54) is 5.56 Å². The lowest BCUT2D eigenvalue weighted by Crippen LogP contribution is -2.48. The monoisotopic (exact) mass is 409 g/mol. The molecule has 1 aliphatic heterocycles. The Labute approximate surface area is 173 Å². The maximum atomic E-state index is 12.6. The van der Waals surface area contributed by atoms with Crippen LogP contribution in [0.15, 0.2) is 36.5 Å². The van der Waals surface area contributed by atoms with Crippen molar-refractivity contribution in [2.75, 3.05) is 26.2 Å². The molecule has 2 aromatic heterocycles. The largest absolute Gasteiger partial charge is 0.335 e. The van der Waals surface area contributed by atoms with Crippen LogP contribution < -0.4 is 0 Å². The Morgan fingerprint density at radius 1 is 1.17 bits per heavy atom. The molecular weight excluding hydrogens is 386 g/mol. The molecule has 1 aliphatic rings. The lowest BCUT2D eigenvalue weighted by Gasteiger charge is -2.34. The lowest BCUT2D eigenvalue weighted by molar-refractivity contribution is -0.385. The first-order valence-electron chi connectivity index (χ1n) is 9.75. The van der Waals surface area contributed by atoms with Gasteiger partial charge >= 0.3 is 5.69 Å². The van der Waals surface area contributed by atoms with Gasteiger partial charge in [-0.15, -0.1) is 0 Å². The number of amides is 1. The van der Waals surface area contributed by atoms with Gasteiger partial charge in [-0.2, -0.15) is 10.2 Å². The van der Waals surface area contributed by atoms with E-state index in [0.717, 1.165) is 29.8 Å². The van der Waals surface area contributed by atoms with Crippen molar-refractivity contribution in [1.82, 2.24) is 29.8 Å². The van der Waals surface area contributed by atoms with Gasteiger partial charge in [0.1, 0.15) is 6.20 Å². The minimum absolute atomic E-state index is 0.0655. The Morgan fingerprint density at radius 2 is 1.87 bits per heavy atom. The quantitative estimate of drug-likeness (QED) is 0.510. The molecule has 4 rings (SSSR count). The van der Waals surface area contributed by atoms with E-state index in [1.807, 2.05) is 41.9 Å². The average molecular weight is 409 g/mol. The average Bonchev–Trinajstić information content (AvgIpc) is 3.35. The fraction of sp³-hybridized carbons (Fsp3) is 0.350. The van der Waals surface area contributed by atoms with Gasteiger partial charge in [0, 0.05) is 44.0 Å². The van der Waals surface area contributed by atoms with Gasteiger partial charge in [-0.05, 0) is 26.0 Å². The van der Waals surface area contributed by atoms with Crippen LogP contribution >= 0.6 is 0 Å². The molecule has 0 aliphatic carbocycles. The fourth-order valence-corrected chi connectivity index (χ4v) is 3.79. The molecule has 1 N–H and O–H groups in total. The molecule has 0 radical (unpaired) electrons. The van der Waals surface area contributed by atoms with E-state index in [4.69, 9.17) is 5.10 Å². The predicted molar refractivity (Wildman–Crippen MR) is 109 cm³/mol. The fourth-order valence-electron chi connectivity index (χ4n) is 3.79. The molecular formula is C20H23N7O3. The summed E-state index contributed by atoms with van der Waals surface area (Å²) in [7, 11) is 0. The number of benzene rings is 1. The number of piperazine rings is 1. The molecule has 156 valence electrons. The summed E-state index contributed by atoms with van der Waals surface area (Å²) in [5.41, 5.74) is 3.95. The normalized spacial score (nSPS) is 14.8. The molecule has 3 aromatic rings. The van der Waals surface area contributed by atoms with Gasteiger partial charge < -0.3 is 4.90 Å². The number of para-hydroxylation sites is 1. The van der Waals surface area contributed by atoms with E-state index in [2.05, 4.69) is 22.0 Å². The molecule has 0 spiro atoms. The molecule has 30 heavy (non-hydrogen) atoms. The highest BCUT2D eigenvalue weighted by Gasteiger charge is 2.29. The molecule has 0 saturated carbocycles. The number of carbonyl (C=O) groups is 1. The van der Waals surface area contributed by atoms with Crippen molar-refractivity contribution in [1.29, 1.82) is 0 Å². The molecule has 1 fully saturated rings. The molecule has 0 unspecified atom stereocenters. The van der Waals surface area contributed by atoms with Gasteiger partial charge in [0.2, 0.25) is 5.69 Å². The summed E-state index contributed by atoms with van der Waals surface area (Å²) in [6.45, 7) is 7.20. The summed E-state index contributed by atoms with van der Waals surface area (Å²) in [5.74, 6) is -0.386. The van der Waals surface area contributed by atoms with E-state index in [1.54, 1.807) is 4.90 Å². The molecule has 0 bridgehead atoms. The van der Waals surface area contributed by atoms with Crippen molar-refractivity contribution in [2.24, 2.45) is 0 Å². The molecule has 1 aromatic carbocycles. The summed E-state index contributed by atoms with van der Waals surface area (Å²) < 4.78 is 1.96. The maximum Gasteiger partial charge on any atom is 0.319 e. The van der Waals surface area contributed by atoms with Gasteiger partial charge in [-0.25, -0.2) is 4.68 Å². The van der Waals surface area contributed by atoms with E-state index in [0.29, 0.717) is 26.2 Å². The van der Waals surface area contributed by atoms with Crippen molar-refractivity contribution < 1.29 is 9.72 Å². The molecule has 3 heterocycles. The van der Waals surface area contributed by atoms with Crippen molar-refractivity contribution in [3.8, 4) is 5.69 Å². The number of hydrogen-bond acceptors (Lipinski definition) is 6. The third kappa shape index (κ3) is 3.69. The SMILES string of the molecule is Cc1nn(-c2ccccc2)c(C)c1CN1CCN(C(=O)c2[nH]ncc2[N+](=O)[O-])CC1. The third-order valence-electron chi connectivity index (χ3n) is 5.51. The molecule has 10 heteroatoms. The highest BCUT2D eigenvalue weighted by Crippen LogP contribution is 2.21. The van der Waals surface area contributed by atoms with Crippen molar-refractivity contribution in [3.05, 3.63) is 69.3 Å². The van der Waals surface area contributed by atoms with Crippen LogP contribution in [0.1, 0.15) is 27.4 Å². The van der Waals surface area contributed by atoms with E-state index in [-0.39, 0.29) is 17.3 Å². The topological polar surface area (TPSA) is 113 Å². The highest BCUT2D eigenvalue weighted by molar-refractivity contribution is 5.96. The van der Waals surface area contributed by atoms with E-state index in [9.17, 15) is 14.9 Å². The van der Waals surface area contributed by atoms with Crippen LogP contribution in [0.3, 0.4) is 0 Å². The zero-order chi connectivity index (χ0) is 21.3. The summed E-state index contributed by atoms with van der Waals surface area (Å²) in [5, 5.41) is 21.9. The van der Waals surface area contributed by atoms with Gasteiger partial charge in [0.15, 0.2) is 0 Å². The summed E-state index contributed by atoms with van der Waals surface area (Å²) in [6.07, 6.45) is 1.07. The molecule has 0 atom stereocenters. The Balaban J connectivity index is 1.42. The van der Waals surface area contributed by atoms with Crippen LogP contribution in [0, 0.1) is 24.0 Å². The van der Waals surface area contributed by atoms with Crippen LogP contribution in [0.2, 0.25) is 0 Å². The standard InChI is InChI=1S/C20H23N7O3/c1-14-17(15(2)26(23-14)16-6-4-3-5-7-16)13-24-8-10-25(11-9-24)20(28)19-18(27(29)30)12-21-22-19/h3-7,12H,8-11,13H2,1-2H3,(H,21,22). The summed E-state index contributed by atoms with van der Waals surface area (Å²) in [4.78, 5) is 27.0. The number of rotatable bonds is 5. The Hall–Kier alpha value is -3.53. The Morgan fingerprint density at radius 3 is 2.53 bits per heavy atom. The van der Waals surface area contributed by atoms with Gasteiger partial charge in [0.25, 0.3) is 5.91 Å². The number of aryl methyl sites for hydroxylation is 1.